The van der Waals surface area contributed by atoms with Crippen LogP contribution in [0.15, 0.2) is 24.4 Å². The minimum Gasteiger partial charge on any atom is -0.497 e. The summed E-state index contributed by atoms with van der Waals surface area (Å²) < 4.78 is 25.4. The number of ether oxygens (including phenoxy) is 2. The molecule has 4 atom stereocenters. The average molecular weight is 479 g/mol. The van der Waals surface area contributed by atoms with Crippen LogP contribution in [0.5, 0.6) is 5.75 Å². The lowest BCUT2D eigenvalue weighted by Gasteiger charge is -2.41. The van der Waals surface area contributed by atoms with E-state index in [4.69, 9.17) is 9.47 Å². The summed E-state index contributed by atoms with van der Waals surface area (Å²) in [4.78, 5) is 18.1. The number of nitrogens with zero attached hydrogens (tertiary/aromatic N) is 2. The Bertz CT molecular complexity index is 995. The molecule has 1 fully saturated rings. The van der Waals surface area contributed by atoms with Crippen LogP contribution >= 0.6 is 0 Å². The molecule has 1 aliphatic heterocycles. The summed E-state index contributed by atoms with van der Waals surface area (Å²) in [6, 6.07) is 5.09. The molecule has 1 aliphatic rings. The number of pyridine rings is 1. The third kappa shape index (κ3) is 6.14. The monoisotopic (exact) mass is 478 g/mol. The Morgan fingerprint density at radius 1 is 1.32 bits per heavy atom. The SMILES string of the molecule is COc1ccc2ncc(F)c(C(O)CC[C@@H]3CCN(C(=O)OC(C)(C)C)C[C@@H]3[C@@H](O)CO)c2c1. The zero-order chi connectivity index (χ0) is 25.0. The zero-order valence-electron chi connectivity index (χ0n) is 20.2. The number of halogens is 1. The van der Waals surface area contributed by atoms with Gasteiger partial charge in [0.2, 0.25) is 0 Å². The van der Waals surface area contributed by atoms with Crippen molar-refractivity contribution in [1.29, 1.82) is 0 Å². The molecule has 3 rings (SSSR count). The number of methoxy groups -OCH3 is 1. The van der Waals surface area contributed by atoms with Gasteiger partial charge in [-0.05, 0) is 64.2 Å². The predicted molar refractivity (Wildman–Crippen MR) is 125 cm³/mol. The van der Waals surface area contributed by atoms with Gasteiger partial charge in [0.15, 0.2) is 0 Å². The first-order chi connectivity index (χ1) is 16.0. The van der Waals surface area contributed by atoms with Crippen molar-refractivity contribution in [3.05, 3.63) is 35.8 Å². The van der Waals surface area contributed by atoms with Crippen molar-refractivity contribution in [3.8, 4) is 5.75 Å². The van der Waals surface area contributed by atoms with Crippen molar-refractivity contribution >= 4 is 17.0 Å². The Hall–Kier alpha value is -2.49. The molecular formula is C25H35FN2O6. The number of hydrogen-bond acceptors (Lipinski definition) is 7. The second kappa shape index (κ2) is 10.8. The van der Waals surface area contributed by atoms with Gasteiger partial charge in [-0.3, -0.25) is 4.98 Å². The number of benzene rings is 1. The third-order valence-electron chi connectivity index (χ3n) is 6.35. The predicted octanol–water partition coefficient (Wildman–Crippen LogP) is 3.42. The van der Waals surface area contributed by atoms with Gasteiger partial charge in [0.25, 0.3) is 0 Å². The number of carbonyl (C=O) groups is 1. The van der Waals surface area contributed by atoms with Gasteiger partial charge in [-0.2, -0.15) is 0 Å². The number of hydrogen-bond donors (Lipinski definition) is 3. The van der Waals surface area contributed by atoms with Crippen molar-refractivity contribution in [1.82, 2.24) is 9.88 Å². The average Bonchev–Trinajstić information content (AvgIpc) is 2.80. The summed E-state index contributed by atoms with van der Waals surface area (Å²) in [7, 11) is 1.51. The van der Waals surface area contributed by atoms with Crippen molar-refractivity contribution in [2.45, 2.75) is 57.8 Å². The molecule has 0 radical (unpaired) electrons. The van der Waals surface area contributed by atoms with Crippen LogP contribution in [0.4, 0.5) is 9.18 Å². The first-order valence-corrected chi connectivity index (χ1v) is 11.6. The van der Waals surface area contributed by atoms with Crippen molar-refractivity contribution in [3.63, 3.8) is 0 Å². The fourth-order valence-electron chi connectivity index (χ4n) is 4.60. The molecular weight excluding hydrogens is 443 g/mol. The molecule has 0 aliphatic carbocycles. The van der Waals surface area contributed by atoms with Crippen molar-refractivity contribution < 1.29 is 34.0 Å². The zero-order valence-corrected chi connectivity index (χ0v) is 20.2. The quantitative estimate of drug-likeness (QED) is 0.559. The van der Waals surface area contributed by atoms with Gasteiger partial charge in [0.1, 0.15) is 17.2 Å². The normalized spacial score (nSPS) is 20.8. The Balaban J connectivity index is 1.74. The van der Waals surface area contributed by atoms with E-state index in [1.165, 1.54) is 7.11 Å². The van der Waals surface area contributed by atoms with Crippen LogP contribution in [0.25, 0.3) is 10.9 Å². The van der Waals surface area contributed by atoms with E-state index >= 15 is 0 Å². The fourth-order valence-corrected chi connectivity index (χ4v) is 4.60. The van der Waals surface area contributed by atoms with Gasteiger partial charge < -0.3 is 29.7 Å². The van der Waals surface area contributed by atoms with E-state index in [-0.39, 0.29) is 24.4 Å². The van der Waals surface area contributed by atoms with Crippen LogP contribution in [0, 0.1) is 17.7 Å². The molecule has 34 heavy (non-hydrogen) atoms. The number of carbonyl (C=O) groups excluding carboxylic acids is 1. The molecule has 9 heteroatoms. The van der Waals surface area contributed by atoms with Gasteiger partial charge in [-0.25, -0.2) is 9.18 Å². The second-order valence-corrected chi connectivity index (χ2v) is 9.88. The van der Waals surface area contributed by atoms with E-state index in [1.807, 2.05) is 0 Å². The maximum absolute atomic E-state index is 14.7. The first kappa shape index (κ1) is 26.1. The summed E-state index contributed by atoms with van der Waals surface area (Å²) in [5.74, 6) is -0.521. The maximum atomic E-state index is 14.7. The number of likely N-dealkylation sites (tertiary alicyclic amines) is 1. The Labute approximate surface area is 199 Å². The molecule has 1 saturated heterocycles. The molecule has 2 aromatic rings. The number of aliphatic hydroxyl groups excluding tert-OH is 3. The Morgan fingerprint density at radius 2 is 2.06 bits per heavy atom. The van der Waals surface area contributed by atoms with Gasteiger partial charge in [0.05, 0.1) is 37.6 Å². The Kier molecular flexibility index (Phi) is 8.33. The maximum Gasteiger partial charge on any atom is 0.410 e. The van der Waals surface area contributed by atoms with Crippen LogP contribution in [0.3, 0.4) is 0 Å². The van der Waals surface area contributed by atoms with E-state index < -0.39 is 42.2 Å². The standard InChI is InChI=1S/C25H35FN2O6/c1-25(2,3)34-24(32)28-10-9-15(18(13-28)22(31)14-29)5-8-21(30)23-17-11-16(33-4)6-7-20(17)27-12-19(23)26/h6-7,11-12,15,18,21-22,29-31H,5,8-10,13-14H2,1-4H3/t15-,18+,21?,22+/m1/s1. The van der Waals surface area contributed by atoms with Gasteiger partial charge >= 0.3 is 6.09 Å². The molecule has 3 N–H and O–H groups in total. The van der Waals surface area contributed by atoms with Crippen LogP contribution in [0.1, 0.15) is 51.7 Å². The lowest BCUT2D eigenvalue weighted by molar-refractivity contribution is -0.0327. The topological polar surface area (TPSA) is 112 Å². The highest BCUT2D eigenvalue weighted by Gasteiger charge is 2.37. The molecule has 0 saturated carbocycles. The first-order valence-electron chi connectivity index (χ1n) is 11.6. The summed E-state index contributed by atoms with van der Waals surface area (Å²) >= 11 is 0. The molecule has 1 amide bonds. The van der Waals surface area contributed by atoms with E-state index in [2.05, 4.69) is 4.98 Å². The number of aromatic nitrogens is 1. The van der Waals surface area contributed by atoms with E-state index in [9.17, 15) is 24.5 Å². The number of amides is 1. The van der Waals surface area contributed by atoms with Crippen molar-refractivity contribution in [2.75, 3.05) is 26.8 Å². The largest absolute Gasteiger partial charge is 0.497 e. The van der Waals surface area contributed by atoms with Crippen LogP contribution in [-0.2, 0) is 4.74 Å². The molecule has 1 aromatic carbocycles. The minimum atomic E-state index is -1.09. The highest BCUT2D eigenvalue weighted by Crippen LogP contribution is 2.36. The number of rotatable bonds is 7. The molecule has 188 valence electrons. The lowest BCUT2D eigenvalue weighted by atomic mass is 9.78. The van der Waals surface area contributed by atoms with Gasteiger partial charge in [-0.1, -0.05) is 0 Å². The summed E-state index contributed by atoms with van der Waals surface area (Å²) in [5, 5.41) is 31.4. The van der Waals surface area contributed by atoms with Gasteiger partial charge in [-0.15, -0.1) is 0 Å². The molecule has 8 nitrogen and oxygen atoms in total. The minimum absolute atomic E-state index is 0.0683. The fraction of sp³-hybridized carbons (Fsp3) is 0.600. The summed E-state index contributed by atoms with van der Waals surface area (Å²) in [6.07, 6.45) is -0.160. The van der Waals surface area contributed by atoms with E-state index in [1.54, 1.807) is 43.9 Å². The third-order valence-corrected chi connectivity index (χ3v) is 6.35. The summed E-state index contributed by atoms with van der Waals surface area (Å²) in [5.41, 5.74) is 0.0771. The highest BCUT2D eigenvalue weighted by molar-refractivity contribution is 5.84. The smallest absolute Gasteiger partial charge is 0.410 e. The number of piperidine rings is 1. The molecule has 1 unspecified atom stereocenters. The van der Waals surface area contributed by atoms with E-state index in [0.717, 1.165) is 6.20 Å². The van der Waals surface area contributed by atoms with Crippen LogP contribution < -0.4 is 4.74 Å². The van der Waals surface area contributed by atoms with Crippen LogP contribution in [-0.4, -0.2) is 69.8 Å². The van der Waals surface area contributed by atoms with Crippen LogP contribution in [0.2, 0.25) is 0 Å². The number of aliphatic hydroxyl groups is 3. The highest BCUT2D eigenvalue weighted by atomic mass is 19.1. The van der Waals surface area contributed by atoms with Crippen molar-refractivity contribution in [2.24, 2.45) is 11.8 Å². The lowest BCUT2D eigenvalue weighted by Crippen LogP contribution is -2.49. The van der Waals surface area contributed by atoms with E-state index in [0.29, 0.717) is 36.0 Å². The molecule has 1 aromatic heterocycles. The second-order valence-electron chi connectivity index (χ2n) is 9.88. The molecule has 2 heterocycles. The number of fused-ring (bicyclic) bond motifs is 1. The molecule has 0 bridgehead atoms. The molecule has 0 spiro atoms. The summed E-state index contributed by atoms with van der Waals surface area (Å²) in [6.45, 7) is 5.61. The Morgan fingerprint density at radius 3 is 2.71 bits per heavy atom. The van der Waals surface area contributed by atoms with Gasteiger partial charge in [0, 0.05) is 30.0 Å².